The van der Waals surface area contributed by atoms with Crippen LogP contribution in [0.3, 0.4) is 0 Å². The summed E-state index contributed by atoms with van der Waals surface area (Å²) >= 11 is 0. The van der Waals surface area contributed by atoms with Crippen molar-refractivity contribution in [3.05, 3.63) is 96.5 Å². The van der Waals surface area contributed by atoms with Gasteiger partial charge in [0.15, 0.2) is 11.9 Å². The molecule has 1 atom stereocenters. The van der Waals surface area contributed by atoms with E-state index < -0.39 is 6.10 Å². The van der Waals surface area contributed by atoms with Gasteiger partial charge >= 0.3 is 0 Å². The fourth-order valence-corrected chi connectivity index (χ4v) is 2.69. The molecule has 0 saturated carbocycles. The molecule has 28 heavy (non-hydrogen) atoms. The number of ether oxygens (including phenoxy) is 1. The Labute approximate surface area is 164 Å². The Hall–Kier alpha value is -3.40. The van der Waals surface area contributed by atoms with Gasteiger partial charge in [-0.15, -0.1) is 0 Å². The molecule has 0 aliphatic carbocycles. The first-order valence-electron chi connectivity index (χ1n) is 9.08. The largest absolute Gasteiger partial charge is 0.482 e. The highest BCUT2D eigenvalue weighted by Crippen LogP contribution is 2.26. The second-order valence-electron chi connectivity index (χ2n) is 6.51. The van der Waals surface area contributed by atoms with E-state index in [1.54, 1.807) is 25.3 Å². The lowest BCUT2D eigenvalue weighted by atomic mass is 10.1. The number of ketones is 1. The van der Waals surface area contributed by atoms with Gasteiger partial charge < -0.3 is 10.1 Å². The molecule has 1 unspecified atom stereocenters. The third-order valence-electron chi connectivity index (χ3n) is 4.29. The highest BCUT2D eigenvalue weighted by molar-refractivity contribution is 5.93. The molecular weight excluding hydrogens is 353 g/mol. The van der Waals surface area contributed by atoms with Crippen LogP contribution in [0.25, 0.3) is 11.1 Å². The van der Waals surface area contributed by atoms with Gasteiger partial charge in [-0.2, -0.15) is 0 Å². The molecule has 142 valence electrons. The first kappa shape index (κ1) is 19.4. The van der Waals surface area contributed by atoms with E-state index in [2.05, 4.69) is 5.32 Å². The van der Waals surface area contributed by atoms with Gasteiger partial charge in [0, 0.05) is 29.6 Å². The first-order chi connectivity index (χ1) is 13.5. The lowest BCUT2D eigenvalue weighted by Crippen LogP contribution is -2.22. The van der Waals surface area contributed by atoms with Gasteiger partial charge in [-0.1, -0.05) is 48.0 Å². The van der Waals surface area contributed by atoms with Crippen molar-refractivity contribution in [1.29, 1.82) is 0 Å². The molecule has 3 aromatic rings. The summed E-state index contributed by atoms with van der Waals surface area (Å²) in [4.78, 5) is 12.2. The molecule has 0 aliphatic heterocycles. The molecule has 3 nitrogen and oxygen atoms in total. The van der Waals surface area contributed by atoms with Crippen LogP contribution in [0.15, 0.2) is 85.1 Å². The van der Waals surface area contributed by atoms with Gasteiger partial charge in [-0.25, -0.2) is 4.39 Å². The molecule has 4 heteroatoms. The van der Waals surface area contributed by atoms with Crippen molar-refractivity contribution in [3.63, 3.8) is 0 Å². The van der Waals surface area contributed by atoms with Crippen LogP contribution in [0.1, 0.15) is 12.5 Å². The molecule has 3 rings (SSSR count). The predicted molar refractivity (Wildman–Crippen MR) is 111 cm³/mol. The maximum atomic E-state index is 14.4. The molecule has 0 radical (unpaired) electrons. The second-order valence-corrected chi connectivity index (χ2v) is 6.51. The Balaban J connectivity index is 1.59. The van der Waals surface area contributed by atoms with Gasteiger partial charge in [0.1, 0.15) is 11.6 Å². The summed E-state index contributed by atoms with van der Waals surface area (Å²) in [5.74, 6) is -0.287. The van der Waals surface area contributed by atoms with Crippen LogP contribution in [0.2, 0.25) is 0 Å². The van der Waals surface area contributed by atoms with Gasteiger partial charge in [-0.3, -0.25) is 4.79 Å². The summed E-state index contributed by atoms with van der Waals surface area (Å²) in [7, 11) is 0. The van der Waals surface area contributed by atoms with Crippen LogP contribution < -0.4 is 10.1 Å². The molecule has 3 aromatic carbocycles. The molecule has 0 bridgehead atoms. The fourth-order valence-electron chi connectivity index (χ4n) is 2.69. The number of nitrogens with one attached hydrogen (secondary N) is 1. The van der Waals surface area contributed by atoms with Crippen LogP contribution >= 0.6 is 0 Å². The average Bonchev–Trinajstić information content (AvgIpc) is 2.70. The second kappa shape index (κ2) is 9.00. The average molecular weight is 375 g/mol. The third kappa shape index (κ3) is 5.07. The van der Waals surface area contributed by atoms with Crippen LogP contribution in [0.5, 0.6) is 5.75 Å². The van der Waals surface area contributed by atoms with Crippen molar-refractivity contribution in [2.75, 3.05) is 5.32 Å². The Morgan fingerprint density at radius 1 is 1.04 bits per heavy atom. The number of rotatable bonds is 7. The lowest BCUT2D eigenvalue weighted by Gasteiger charge is -2.13. The van der Waals surface area contributed by atoms with Crippen LogP contribution in [0, 0.1) is 12.7 Å². The van der Waals surface area contributed by atoms with Gasteiger partial charge in [0.25, 0.3) is 0 Å². The quantitative estimate of drug-likeness (QED) is 0.533. The number of hydrogen-bond donors (Lipinski definition) is 1. The zero-order chi connectivity index (χ0) is 19.9. The van der Waals surface area contributed by atoms with Crippen molar-refractivity contribution in [1.82, 2.24) is 0 Å². The molecule has 0 spiro atoms. The zero-order valence-electron chi connectivity index (χ0n) is 15.9. The molecule has 0 aliphatic rings. The third-order valence-corrected chi connectivity index (χ3v) is 4.29. The number of halogens is 1. The molecule has 0 saturated heterocycles. The van der Waals surface area contributed by atoms with Crippen LogP contribution in [-0.4, -0.2) is 11.9 Å². The standard InChI is InChI=1S/C24H22FNO2/c1-17-8-10-20(11-9-17)26-15-14-24(27)18(2)28-21-12-13-22(23(25)16-21)19-6-4-3-5-7-19/h3-16,18,26H,1-2H3/b15-14+. The smallest absolute Gasteiger partial charge is 0.197 e. The van der Waals surface area contributed by atoms with E-state index in [9.17, 15) is 9.18 Å². The summed E-state index contributed by atoms with van der Waals surface area (Å²) in [5.41, 5.74) is 3.34. The predicted octanol–water partition coefficient (Wildman–Crippen LogP) is 5.76. The summed E-state index contributed by atoms with van der Waals surface area (Å²) in [6.07, 6.45) is 2.27. The number of benzene rings is 3. The molecule has 0 heterocycles. The number of aryl methyl sites for hydroxylation is 1. The molecule has 0 fully saturated rings. The van der Waals surface area contributed by atoms with E-state index in [0.29, 0.717) is 11.3 Å². The van der Waals surface area contributed by atoms with Crippen molar-refractivity contribution in [2.24, 2.45) is 0 Å². The maximum absolute atomic E-state index is 14.4. The van der Waals surface area contributed by atoms with Gasteiger partial charge in [0.05, 0.1) is 0 Å². The first-order valence-corrected chi connectivity index (χ1v) is 9.08. The summed E-state index contributed by atoms with van der Waals surface area (Å²) in [5, 5.41) is 3.04. The Kier molecular flexibility index (Phi) is 6.22. The van der Waals surface area contributed by atoms with E-state index >= 15 is 0 Å². The van der Waals surface area contributed by atoms with E-state index in [1.807, 2.05) is 61.5 Å². The van der Waals surface area contributed by atoms with Crippen molar-refractivity contribution >= 4 is 11.5 Å². The SMILES string of the molecule is Cc1ccc(N/C=C/C(=O)C(C)Oc2ccc(-c3ccccc3)c(F)c2)cc1. The van der Waals surface area contributed by atoms with Crippen molar-refractivity contribution in [2.45, 2.75) is 20.0 Å². The maximum Gasteiger partial charge on any atom is 0.197 e. The van der Waals surface area contributed by atoms with Gasteiger partial charge in [0.2, 0.25) is 0 Å². The summed E-state index contributed by atoms with van der Waals surface area (Å²) < 4.78 is 20.0. The lowest BCUT2D eigenvalue weighted by molar-refractivity contribution is -0.120. The molecule has 0 amide bonds. The molecule has 1 N–H and O–H groups in total. The molecule has 0 aromatic heterocycles. The van der Waals surface area contributed by atoms with E-state index in [-0.39, 0.29) is 11.6 Å². The van der Waals surface area contributed by atoms with Crippen LogP contribution in [-0.2, 0) is 4.79 Å². The topological polar surface area (TPSA) is 38.3 Å². The van der Waals surface area contributed by atoms with E-state index in [1.165, 1.54) is 12.1 Å². The number of carbonyl (C=O) groups excluding carboxylic acids is 1. The summed E-state index contributed by atoms with van der Waals surface area (Å²) in [6, 6.07) is 21.8. The number of carbonyl (C=O) groups is 1. The van der Waals surface area contributed by atoms with E-state index in [0.717, 1.165) is 16.8 Å². The molecular formula is C24H22FNO2. The fraction of sp³-hybridized carbons (Fsp3) is 0.125. The number of hydrogen-bond acceptors (Lipinski definition) is 3. The van der Waals surface area contributed by atoms with Crippen molar-refractivity contribution < 1.29 is 13.9 Å². The minimum Gasteiger partial charge on any atom is -0.482 e. The Bertz CT molecular complexity index is 966. The monoisotopic (exact) mass is 375 g/mol. The Morgan fingerprint density at radius 2 is 1.75 bits per heavy atom. The Morgan fingerprint density at radius 3 is 2.43 bits per heavy atom. The zero-order valence-corrected chi connectivity index (χ0v) is 15.9. The minimum absolute atomic E-state index is 0.216. The highest BCUT2D eigenvalue weighted by atomic mass is 19.1. The summed E-state index contributed by atoms with van der Waals surface area (Å²) in [6.45, 7) is 3.65. The van der Waals surface area contributed by atoms with Gasteiger partial charge in [-0.05, 0) is 43.7 Å². The number of anilines is 1. The highest BCUT2D eigenvalue weighted by Gasteiger charge is 2.13. The van der Waals surface area contributed by atoms with Crippen LogP contribution in [0.4, 0.5) is 10.1 Å². The van der Waals surface area contributed by atoms with Crippen molar-refractivity contribution in [3.8, 4) is 16.9 Å². The normalized spacial score (nSPS) is 12.0. The minimum atomic E-state index is -0.724. The van der Waals surface area contributed by atoms with E-state index in [4.69, 9.17) is 4.74 Å².